The Morgan fingerprint density at radius 2 is 2.24 bits per heavy atom. The zero-order chi connectivity index (χ0) is 15.2. The molecule has 0 bridgehead atoms. The van der Waals surface area contributed by atoms with Gasteiger partial charge < -0.3 is 15.2 Å². The molecule has 0 amide bonds. The third-order valence-electron chi connectivity index (χ3n) is 4.13. The summed E-state index contributed by atoms with van der Waals surface area (Å²) in [6.45, 7) is 5.26. The van der Waals surface area contributed by atoms with Crippen molar-refractivity contribution in [3.63, 3.8) is 0 Å². The number of aliphatic hydroxyl groups is 1. The van der Waals surface area contributed by atoms with Crippen molar-refractivity contribution in [3.8, 4) is 0 Å². The topological polar surface area (TPSA) is 41.5 Å². The van der Waals surface area contributed by atoms with Crippen LogP contribution in [0.25, 0.3) is 0 Å². The van der Waals surface area contributed by atoms with Crippen molar-refractivity contribution >= 4 is 21.6 Å². The van der Waals surface area contributed by atoms with Crippen LogP contribution in [0, 0.1) is 12.8 Å². The molecular formula is C17H26BrNO2. The highest BCUT2D eigenvalue weighted by Gasteiger charge is 2.20. The number of aryl methyl sites for hydroxylation is 1. The first-order chi connectivity index (χ1) is 10.0. The van der Waals surface area contributed by atoms with Gasteiger partial charge in [0.25, 0.3) is 0 Å². The molecule has 0 aromatic heterocycles. The Bertz CT molecular complexity index is 452. The standard InChI is InChI=1S/C17H26BrNO2/c1-12-4-3-5-16(8-12)21-11-15(20)10-19-14-7-6-13(2)17(18)9-14/h6-7,9,12,15-16,19-20H,3-5,8,10-11H2,1-2H3. The van der Waals surface area contributed by atoms with Gasteiger partial charge in [0.1, 0.15) is 0 Å². The van der Waals surface area contributed by atoms with Crippen molar-refractivity contribution in [1.29, 1.82) is 0 Å². The van der Waals surface area contributed by atoms with Crippen LogP contribution in [0.1, 0.15) is 38.2 Å². The molecule has 3 unspecified atom stereocenters. The molecule has 1 aliphatic rings. The zero-order valence-corrected chi connectivity index (χ0v) is 14.5. The molecule has 1 aliphatic carbocycles. The number of aliphatic hydroxyl groups excluding tert-OH is 1. The molecule has 0 spiro atoms. The summed E-state index contributed by atoms with van der Waals surface area (Å²) in [6.07, 6.45) is 4.68. The lowest BCUT2D eigenvalue weighted by Gasteiger charge is -2.27. The molecule has 1 aromatic carbocycles. The van der Waals surface area contributed by atoms with E-state index >= 15 is 0 Å². The molecule has 0 saturated heterocycles. The monoisotopic (exact) mass is 355 g/mol. The largest absolute Gasteiger partial charge is 0.389 e. The van der Waals surface area contributed by atoms with Gasteiger partial charge in [-0.05, 0) is 43.4 Å². The first-order valence-electron chi connectivity index (χ1n) is 7.84. The summed E-state index contributed by atoms with van der Waals surface area (Å²) < 4.78 is 6.93. The summed E-state index contributed by atoms with van der Waals surface area (Å²) in [5, 5.41) is 13.3. The molecule has 3 nitrogen and oxygen atoms in total. The lowest BCUT2D eigenvalue weighted by Crippen LogP contribution is -2.30. The summed E-state index contributed by atoms with van der Waals surface area (Å²) in [7, 11) is 0. The van der Waals surface area contributed by atoms with Crippen LogP contribution in [0.15, 0.2) is 22.7 Å². The van der Waals surface area contributed by atoms with Gasteiger partial charge in [0.05, 0.1) is 18.8 Å². The molecular weight excluding hydrogens is 330 g/mol. The summed E-state index contributed by atoms with van der Waals surface area (Å²) in [5.74, 6) is 0.754. The van der Waals surface area contributed by atoms with Gasteiger partial charge in [-0.25, -0.2) is 0 Å². The van der Waals surface area contributed by atoms with Crippen LogP contribution >= 0.6 is 15.9 Å². The van der Waals surface area contributed by atoms with E-state index in [2.05, 4.69) is 41.2 Å². The minimum Gasteiger partial charge on any atom is -0.389 e. The Labute approximate surface area is 136 Å². The SMILES string of the molecule is Cc1ccc(NCC(O)COC2CCCC(C)C2)cc1Br. The highest BCUT2D eigenvalue weighted by Crippen LogP contribution is 2.25. The van der Waals surface area contributed by atoms with Crippen LogP contribution in [0.3, 0.4) is 0 Å². The van der Waals surface area contributed by atoms with E-state index in [4.69, 9.17) is 4.74 Å². The van der Waals surface area contributed by atoms with Gasteiger partial charge in [-0.2, -0.15) is 0 Å². The van der Waals surface area contributed by atoms with E-state index in [1.165, 1.54) is 18.4 Å². The van der Waals surface area contributed by atoms with Crippen LogP contribution in [-0.2, 0) is 4.74 Å². The molecule has 3 atom stereocenters. The average Bonchev–Trinajstić information content (AvgIpc) is 2.46. The first-order valence-corrected chi connectivity index (χ1v) is 8.63. The molecule has 118 valence electrons. The summed E-state index contributed by atoms with van der Waals surface area (Å²) in [5.41, 5.74) is 2.22. The molecule has 2 N–H and O–H groups in total. The van der Waals surface area contributed by atoms with Crippen molar-refractivity contribution in [2.24, 2.45) is 5.92 Å². The van der Waals surface area contributed by atoms with Gasteiger partial charge in [0.15, 0.2) is 0 Å². The predicted octanol–water partition coefficient (Wildman–Crippen LogP) is 4.13. The average molecular weight is 356 g/mol. The van der Waals surface area contributed by atoms with Crippen molar-refractivity contribution < 1.29 is 9.84 Å². The van der Waals surface area contributed by atoms with Crippen LogP contribution in [0.5, 0.6) is 0 Å². The maximum absolute atomic E-state index is 10.0. The molecule has 4 heteroatoms. The lowest BCUT2D eigenvalue weighted by molar-refractivity contribution is -0.0274. The van der Waals surface area contributed by atoms with E-state index in [-0.39, 0.29) is 0 Å². The molecule has 0 radical (unpaired) electrons. The van der Waals surface area contributed by atoms with E-state index in [0.717, 1.165) is 28.9 Å². The minimum atomic E-state index is -0.470. The second-order valence-corrected chi connectivity index (χ2v) is 7.08. The van der Waals surface area contributed by atoms with Gasteiger partial charge >= 0.3 is 0 Å². The van der Waals surface area contributed by atoms with Gasteiger partial charge in [-0.15, -0.1) is 0 Å². The Morgan fingerprint density at radius 1 is 1.43 bits per heavy atom. The van der Waals surface area contributed by atoms with Crippen molar-refractivity contribution in [2.75, 3.05) is 18.5 Å². The fourth-order valence-corrected chi connectivity index (χ4v) is 3.15. The second-order valence-electron chi connectivity index (χ2n) is 6.23. The summed E-state index contributed by atoms with van der Waals surface area (Å²) >= 11 is 3.51. The van der Waals surface area contributed by atoms with E-state index in [9.17, 15) is 5.11 Å². The van der Waals surface area contributed by atoms with Crippen LogP contribution in [0.2, 0.25) is 0 Å². The molecule has 0 aliphatic heterocycles. The Morgan fingerprint density at radius 3 is 2.95 bits per heavy atom. The van der Waals surface area contributed by atoms with E-state index < -0.39 is 6.10 Å². The number of ether oxygens (including phenoxy) is 1. The molecule has 21 heavy (non-hydrogen) atoms. The summed E-state index contributed by atoms with van der Waals surface area (Å²) in [4.78, 5) is 0. The molecule has 0 heterocycles. The van der Waals surface area contributed by atoms with Gasteiger partial charge in [0.2, 0.25) is 0 Å². The smallest absolute Gasteiger partial charge is 0.0945 e. The predicted molar refractivity (Wildman–Crippen MR) is 90.7 cm³/mol. The van der Waals surface area contributed by atoms with Crippen LogP contribution in [0.4, 0.5) is 5.69 Å². The quantitative estimate of drug-likeness (QED) is 0.806. The van der Waals surface area contributed by atoms with Gasteiger partial charge in [-0.1, -0.05) is 41.8 Å². The maximum Gasteiger partial charge on any atom is 0.0945 e. The van der Waals surface area contributed by atoms with E-state index in [1.54, 1.807) is 0 Å². The lowest BCUT2D eigenvalue weighted by atomic mass is 9.89. The second kappa shape index (κ2) is 8.16. The Balaban J connectivity index is 1.69. The molecule has 1 fully saturated rings. The minimum absolute atomic E-state index is 0.330. The van der Waals surface area contributed by atoms with Crippen LogP contribution < -0.4 is 5.32 Å². The van der Waals surface area contributed by atoms with Crippen molar-refractivity contribution in [1.82, 2.24) is 0 Å². The van der Waals surface area contributed by atoms with Gasteiger partial charge in [-0.3, -0.25) is 0 Å². The zero-order valence-electron chi connectivity index (χ0n) is 12.9. The third-order valence-corrected chi connectivity index (χ3v) is 4.98. The maximum atomic E-state index is 10.0. The number of benzene rings is 1. The fraction of sp³-hybridized carbons (Fsp3) is 0.647. The number of hydrogen-bond acceptors (Lipinski definition) is 3. The number of anilines is 1. The number of nitrogens with one attached hydrogen (secondary N) is 1. The summed E-state index contributed by atoms with van der Waals surface area (Å²) in [6, 6.07) is 6.11. The number of hydrogen-bond donors (Lipinski definition) is 2. The van der Waals surface area contributed by atoms with Gasteiger partial charge in [0, 0.05) is 16.7 Å². The highest BCUT2D eigenvalue weighted by atomic mass is 79.9. The Hall–Kier alpha value is -0.580. The van der Waals surface area contributed by atoms with Crippen LogP contribution in [-0.4, -0.2) is 30.5 Å². The van der Waals surface area contributed by atoms with E-state index in [1.807, 2.05) is 12.1 Å². The molecule has 1 saturated carbocycles. The van der Waals surface area contributed by atoms with Crippen molar-refractivity contribution in [2.45, 2.75) is 51.7 Å². The number of rotatable bonds is 6. The Kier molecular flexibility index (Phi) is 6.52. The van der Waals surface area contributed by atoms with E-state index in [0.29, 0.717) is 19.3 Å². The first kappa shape index (κ1) is 16.8. The normalized spacial score (nSPS) is 23.8. The highest BCUT2D eigenvalue weighted by molar-refractivity contribution is 9.10. The fourth-order valence-electron chi connectivity index (χ4n) is 2.77. The molecule has 1 aromatic rings. The number of halogens is 1. The third kappa shape index (κ3) is 5.61. The van der Waals surface area contributed by atoms with Crippen molar-refractivity contribution in [3.05, 3.63) is 28.2 Å². The molecule has 2 rings (SSSR count).